The monoisotopic (exact) mass is 254 g/mol. The topological polar surface area (TPSA) is 87.5 Å². The normalized spacial score (nSPS) is 26.1. The van der Waals surface area contributed by atoms with Gasteiger partial charge in [-0.1, -0.05) is 0 Å². The van der Waals surface area contributed by atoms with Crippen LogP contribution in [0.5, 0.6) is 0 Å². The van der Waals surface area contributed by atoms with Gasteiger partial charge in [0.05, 0.1) is 12.5 Å². The van der Waals surface area contributed by atoms with Crippen LogP contribution >= 0.6 is 0 Å². The molecule has 0 aromatic rings. The summed E-state index contributed by atoms with van der Waals surface area (Å²) in [6.45, 7) is 3.72. The minimum atomic E-state index is -0.283. The second-order valence-corrected chi connectivity index (χ2v) is 5.22. The van der Waals surface area contributed by atoms with E-state index in [4.69, 9.17) is 5.73 Å². The Hall–Kier alpha value is -1.14. The minimum Gasteiger partial charge on any atom is -0.369 e. The molecule has 0 bridgehead atoms. The average molecular weight is 254 g/mol. The number of piperidine rings is 1. The number of carbonyl (C=O) groups excluding carboxylic acids is 2. The summed E-state index contributed by atoms with van der Waals surface area (Å²) >= 11 is 0. The molecule has 2 heterocycles. The van der Waals surface area contributed by atoms with Crippen LogP contribution in [0.15, 0.2) is 0 Å². The first kappa shape index (κ1) is 13.3. The Labute approximate surface area is 107 Å². The predicted molar refractivity (Wildman–Crippen MR) is 67.8 cm³/mol. The molecule has 0 spiro atoms. The Balaban J connectivity index is 1.69. The van der Waals surface area contributed by atoms with Gasteiger partial charge in [0, 0.05) is 25.7 Å². The fraction of sp³-hybridized carbons (Fsp3) is 0.833. The van der Waals surface area contributed by atoms with Gasteiger partial charge in [-0.2, -0.15) is 0 Å². The molecule has 2 amide bonds. The number of nitrogens with two attached hydrogens (primary N) is 1. The quantitative estimate of drug-likeness (QED) is 0.579. The molecule has 6 heteroatoms. The highest BCUT2D eigenvalue weighted by atomic mass is 16.2. The first-order valence-corrected chi connectivity index (χ1v) is 6.67. The first-order valence-electron chi connectivity index (χ1n) is 6.67. The van der Waals surface area contributed by atoms with Crippen LogP contribution in [0.4, 0.5) is 0 Å². The van der Waals surface area contributed by atoms with Gasteiger partial charge in [0.1, 0.15) is 0 Å². The summed E-state index contributed by atoms with van der Waals surface area (Å²) in [5.74, 6) is 0.0246. The van der Waals surface area contributed by atoms with E-state index in [1.54, 1.807) is 0 Å². The van der Waals surface area contributed by atoms with Crippen LogP contribution in [0.2, 0.25) is 0 Å². The van der Waals surface area contributed by atoms with Gasteiger partial charge in [0.15, 0.2) is 0 Å². The van der Waals surface area contributed by atoms with Crippen molar-refractivity contribution in [2.75, 3.05) is 32.7 Å². The van der Waals surface area contributed by atoms with Crippen molar-refractivity contribution in [1.82, 2.24) is 15.5 Å². The SMILES string of the molecule is NC(=O)CN1CCC(NC(=O)C2CCNC2)CC1. The smallest absolute Gasteiger partial charge is 0.231 e. The van der Waals surface area contributed by atoms with Crippen LogP contribution in [0.3, 0.4) is 0 Å². The van der Waals surface area contributed by atoms with E-state index in [1.807, 2.05) is 4.90 Å². The van der Waals surface area contributed by atoms with Gasteiger partial charge < -0.3 is 16.4 Å². The number of amides is 2. The van der Waals surface area contributed by atoms with Crippen molar-refractivity contribution in [3.05, 3.63) is 0 Å². The number of hydrogen-bond acceptors (Lipinski definition) is 4. The number of carbonyl (C=O) groups is 2. The van der Waals surface area contributed by atoms with E-state index in [0.29, 0.717) is 6.54 Å². The molecule has 4 N–H and O–H groups in total. The number of nitrogens with zero attached hydrogens (tertiary/aromatic N) is 1. The van der Waals surface area contributed by atoms with Crippen LogP contribution < -0.4 is 16.4 Å². The maximum atomic E-state index is 11.9. The molecule has 0 saturated carbocycles. The molecule has 1 atom stereocenters. The molecule has 102 valence electrons. The summed E-state index contributed by atoms with van der Waals surface area (Å²) in [5.41, 5.74) is 5.16. The van der Waals surface area contributed by atoms with E-state index in [1.165, 1.54) is 0 Å². The summed E-state index contributed by atoms with van der Waals surface area (Å²) in [5, 5.41) is 6.31. The lowest BCUT2D eigenvalue weighted by molar-refractivity contribution is -0.126. The van der Waals surface area contributed by atoms with E-state index >= 15 is 0 Å². The third-order valence-electron chi connectivity index (χ3n) is 3.74. The van der Waals surface area contributed by atoms with Crippen molar-refractivity contribution in [1.29, 1.82) is 0 Å². The molecular formula is C12H22N4O2. The van der Waals surface area contributed by atoms with Crippen LogP contribution in [0.25, 0.3) is 0 Å². The highest BCUT2D eigenvalue weighted by molar-refractivity contribution is 5.79. The fourth-order valence-corrected chi connectivity index (χ4v) is 2.65. The predicted octanol–water partition coefficient (Wildman–Crippen LogP) is -1.34. The van der Waals surface area contributed by atoms with E-state index in [-0.39, 0.29) is 23.8 Å². The molecule has 2 aliphatic rings. The third kappa shape index (κ3) is 3.68. The lowest BCUT2D eigenvalue weighted by Crippen LogP contribution is -2.48. The molecule has 2 saturated heterocycles. The number of nitrogens with one attached hydrogen (secondary N) is 2. The molecule has 18 heavy (non-hydrogen) atoms. The number of hydrogen-bond donors (Lipinski definition) is 3. The van der Waals surface area contributed by atoms with Gasteiger partial charge in [0.25, 0.3) is 0 Å². The van der Waals surface area contributed by atoms with Crippen molar-refractivity contribution >= 4 is 11.8 Å². The van der Waals surface area contributed by atoms with Crippen molar-refractivity contribution in [3.8, 4) is 0 Å². The Morgan fingerprint density at radius 2 is 2.00 bits per heavy atom. The van der Waals surface area contributed by atoms with Crippen molar-refractivity contribution in [2.24, 2.45) is 11.7 Å². The maximum absolute atomic E-state index is 11.9. The molecule has 2 fully saturated rings. The highest BCUT2D eigenvalue weighted by Gasteiger charge is 2.26. The van der Waals surface area contributed by atoms with Gasteiger partial charge in [-0.25, -0.2) is 0 Å². The molecule has 2 aliphatic heterocycles. The molecule has 1 unspecified atom stereocenters. The van der Waals surface area contributed by atoms with E-state index in [0.717, 1.165) is 45.4 Å². The lowest BCUT2D eigenvalue weighted by Gasteiger charge is -2.31. The summed E-state index contributed by atoms with van der Waals surface area (Å²) in [6.07, 6.45) is 2.74. The summed E-state index contributed by atoms with van der Waals surface area (Å²) < 4.78 is 0. The minimum absolute atomic E-state index is 0.133. The van der Waals surface area contributed by atoms with Crippen molar-refractivity contribution in [3.63, 3.8) is 0 Å². The first-order chi connectivity index (χ1) is 8.65. The molecule has 0 aliphatic carbocycles. The second kappa shape index (κ2) is 6.15. The zero-order chi connectivity index (χ0) is 13.0. The third-order valence-corrected chi connectivity index (χ3v) is 3.74. The molecule has 0 aromatic carbocycles. The zero-order valence-corrected chi connectivity index (χ0v) is 10.7. The second-order valence-electron chi connectivity index (χ2n) is 5.22. The molecular weight excluding hydrogens is 232 g/mol. The van der Waals surface area contributed by atoms with Gasteiger partial charge in [-0.05, 0) is 25.8 Å². The van der Waals surface area contributed by atoms with Gasteiger partial charge >= 0.3 is 0 Å². The lowest BCUT2D eigenvalue weighted by atomic mass is 10.0. The maximum Gasteiger partial charge on any atom is 0.231 e. The van der Waals surface area contributed by atoms with E-state index in [9.17, 15) is 9.59 Å². The van der Waals surface area contributed by atoms with Gasteiger partial charge in [0.2, 0.25) is 11.8 Å². The van der Waals surface area contributed by atoms with E-state index in [2.05, 4.69) is 10.6 Å². The molecule has 2 rings (SSSR count). The number of primary amides is 1. The Bertz CT molecular complexity index is 307. The molecule has 6 nitrogen and oxygen atoms in total. The zero-order valence-electron chi connectivity index (χ0n) is 10.7. The fourth-order valence-electron chi connectivity index (χ4n) is 2.65. The van der Waals surface area contributed by atoms with Gasteiger partial charge in [-0.3, -0.25) is 14.5 Å². The van der Waals surface area contributed by atoms with Crippen molar-refractivity contribution < 1.29 is 9.59 Å². The Morgan fingerprint density at radius 1 is 1.28 bits per heavy atom. The molecule has 0 radical (unpaired) electrons. The summed E-state index contributed by atoms with van der Waals surface area (Å²) in [6, 6.07) is 0.252. The summed E-state index contributed by atoms with van der Waals surface area (Å²) in [4.78, 5) is 24.8. The highest BCUT2D eigenvalue weighted by Crippen LogP contribution is 2.13. The molecule has 0 aromatic heterocycles. The van der Waals surface area contributed by atoms with Crippen LogP contribution in [0, 0.1) is 5.92 Å². The number of likely N-dealkylation sites (tertiary alicyclic amines) is 1. The van der Waals surface area contributed by atoms with Crippen LogP contribution in [-0.2, 0) is 9.59 Å². The standard InChI is InChI=1S/C12H22N4O2/c13-11(17)8-16-5-2-10(3-6-16)15-12(18)9-1-4-14-7-9/h9-10,14H,1-8H2,(H2,13,17)(H,15,18). The summed E-state index contributed by atoms with van der Waals surface area (Å²) in [7, 11) is 0. The average Bonchev–Trinajstić information content (AvgIpc) is 2.84. The number of rotatable bonds is 4. The van der Waals surface area contributed by atoms with Crippen molar-refractivity contribution in [2.45, 2.75) is 25.3 Å². The van der Waals surface area contributed by atoms with Gasteiger partial charge in [-0.15, -0.1) is 0 Å². The van der Waals surface area contributed by atoms with Crippen LogP contribution in [-0.4, -0.2) is 55.5 Å². The van der Waals surface area contributed by atoms with Crippen LogP contribution in [0.1, 0.15) is 19.3 Å². The largest absolute Gasteiger partial charge is 0.369 e. The Kier molecular flexibility index (Phi) is 4.54. The Morgan fingerprint density at radius 3 is 2.56 bits per heavy atom. The van der Waals surface area contributed by atoms with E-state index < -0.39 is 0 Å².